The van der Waals surface area contributed by atoms with Gasteiger partial charge < -0.3 is 20.4 Å². The number of aromatic nitrogens is 1. The molecule has 2 heterocycles. The molecule has 1 aliphatic rings. The Morgan fingerprint density at radius 1 is 1.24 bits per heavy atom. The number of amides is 2. The van der Waals surface area contributed by atoms with Crippen molar-refractivity contribution in [1.82, 2.24) is 10.3 Å². The molecule has 2 N–H and O–H groups in total. The van der Waals surface area contributed by atoms with Gasteiger partial charge in [-0.15, -0.1) is 0 Å². The van der Waals surface area contributed by atoms with E-state index in [-0.39, 0.29) is 12.1 Å². The summed E-state index contributed by atoms with van der Waals surface area (Å²) in [6.45, 7) is 3.70. The molecule has 1 aromatic heterocycles. The van der Waals surface area contributed by atoms with Crippen LogP contribution >= 0.6 is 0 Å². The number of rotatable bonds is 4. The molecule has 0 bridgehead atoms. The van der Waals surface area contributed by atoms with E-state index >= 15 is 0 Å². The predicted octanol–water partition coefficient (Wildman–Crippen LogP) is 2.86. The SMILES string of the molecule is Cc1c(NC(=O)N[C@H]2CCN(c3ccccn3)C2)cccc1N(C)C. The van der Waals surface area contributed by atoms with Gasteiger partial charge in [-0.1, -0.05) is 12.1 Å². The third-order valence-electron chi connectivity index (χ3n) is 4.53. The molecule has 132 valence electrons. The lowest BCUT2D eigenvalue weighted by molar-refractivity contribution is 0.249. The maximum atomic E-state index is 12.4. The van der Waals surface area contributed by atoms with Crippen LogP contribution < -0.4 is 20.4 Å². The van der Waals surface area contributed by atoms with Gasteiger partial charge in [0, 0.05) is 50.8 Å². The maximum absolute atomic E-state index is 12.4. The molecule has 25 heavy (non-hydrogen) atoms. The summed E-state index contributed by atoms with van der Waals surface area (Å²) in [6.07, 6.45) is 2.71. The number of hydrogen-bond donors (Lipinski definition) is 2. The highest BCUT2D eigenvalue weighted by atomic mass is 16.2. The van der Waals surface area contributed by atoms with E-state index in [0.29, 0.717) is 0 Å². The van der Waals surface area contributed by atoms with E-state index in [0.717, 1.165) is 42.3 Å². The van der Waals surface area contributed by atoms with Gasteiger partial charge in [0.15, 0.2) is 0 Å². The van der Waals surface area contributed by atoms with E-state index in [2.05, 4.69) is 20.5 Å². The minimum absolute atomic E-state index is 0.124. The second kappa shape index (κ2) is 7.42. The molecule has 2 amide bonds. The van der Waals surface area contributed by atoms with Crippen LogP contribution in [0.2, 0.25) is 0 Å². The van der Waals surface area contributed by atoms with Gasteiger partial charge in [-0.05, 0) is 43.2 Å². The fourth-order valence-corrected chi connectivity index (χ4v) is 3.21. The molecule has 0 unspecified atom stereocenters. The Hall–Kier alpha value is -2.76. The Kier molecular flexibility index (Phi) is 5.07. The number of pyridine rings is 1. The maximum Gasteiger partial charge on any atom is 0.319 e. The van der Waals surface area contributed by atoms with E-state index in [9.17, 15) is 4.79 Å². The summed E-state index contributed by atoms with van der Waals surface area (Å²) in [4.78, 5) is 21.0. The molecule has 3 rings (SSSR count). The third-order valence-corrected chi connectivity index (χ3v) is 4.53. The lowest BCUT2D eigenvalue weighted by atomic mass is 10.1. The molecule has 1 aliphatic heterocycles. The second-order valence-electron chi connectivity index (χ2n) is 6.56. The van der Waals surface area contributed by atoms with Crippen LogP contribution in [0.25, 0.3) is 0 Å². The number of anilines is 3. The highest BCUT2D eigenvalue weighted by Gasteiger charge is 2.24. The first-order chi connectivity index (χ1) is 12.0. The van der Waals surface area contributed by atoms with Crippen LogP contribution in [0.5, 0.6) is 0 Å². The number of benzene rings is 1. The van der Waals surface area contributed by atoms with Crippen LogP contribution in [0.15, 0.2) is 42.6 Å². The van der Waals surface area contributed by atoms with Gasteiger partial charge in [0.05, 0.1) is 0 Å². The molecule has 0 spiro atoms. The number of urea groups is 1. The molecule has 1 aromatic carbocycles. The van der Waals surface area contributed by atoms with Crippen LogP contribution in [0, 0.1) is 6.92 Å². The molecule has 1 saturated heterocycles. The zero-order chi connectivity index (χ0) is 17.8. The monoisotopic (exact) mass is 339 g/mol. The van der Waals surface area contributed by atoms with Crippen molar-refractivity contribution in [3.8, 4) is 0 Å². The number of carbonyl (C=O) groups excluding carboxylic acids is 1. The van der Waals surface area contributed by atoms with Crippen molar-refractivity contribution in [3.05, 3.63) is 48.2 Å². The highest BCUT2D eigenvalue weighted by Crippen LogP contribution is 2.25. The van der Waals surface area contributed by atoms with Crippen molar-refractivity contribution < 1.29 is 4.79 Å². The van der Waals surface area contributed by atoms with Gasteiger partial charge in [-0.25, -0.2) is 9.78 Å². The lowest BCUT2D eigenvalue weighted by Crippen LogP contribution is -2.40. The topological polar surface area (TPSA) is 60.5 Å². The van der Waals surface area contributed by atoms with Crippen LogP contribution in [-0.4, -0.2) is 44.2 Å². The summed E-state index contributed by atoms with van der Waals surface area (Å²) in [7, 11) is 3.99. The van der Waals surface area contributed by atoms with Crippen molar-refractivity contribution in [1.29, 1.82) is 0 Å². The Bertz CT molecular complexity index is 732. The van der Waals surface area contributed by atoms with Gasteiger partial charge in [-0.2, -0.15) is 0 Å². The summed E-state index contributed by atoms with van der Waals surface area (Å²) < 4.78 is 0. The van der Waals surface area contributed by atoms with Crippen molar-refractivity contribution in [2.24, 2.45) is 0 Å². The molecule has 0 radical (unpaired) electrons. The quantitative estimate of drug-likeness (QED) is 0.899. The average molecular weight is 339 g/mol. The van der Waals surface area contributed by atoms with E-state index in [1.165, 1.54) is 0 Å². The van der Waals surface area contributed by atoms with Crippen molar-refractivity contribution >= 4 is 23.2 Å². The van der Waals surface area contributed by atoms with Crippen molar-refractivity contribution in [3.63, 3.8) is 0 Å². The zero-order valence-electron chi connectivity index (χ0n) is 15.0. The second-order valence-corrected chi connectivity index (χ2v) is 6.56. The van der Waals surface area contributed by atoms with Gasteiger partial charge in [0.1, 0.15) is 5.82 Å². The minimum Gasteiger partial charge on any atom is -0.377 e. The first-order valence-electron chi connectivity index (χ1n) is 8.55. The molecule has 2 aromatic rings. The third kappa shape index (κ3) is 4.02. The molecule has 6 nitrogen and oxygen atoms in total. The molecule has 1 fully saturated rings. The normalized spacial score (nSPS) is 16.6. The Morgan fingerprint density at radius 3 is 2.80 bits per heavy atom. The fourth-order valence-electron chi connectivity index (χ4n) is 3.21. The predicted molar refractivity (Wildman–Crippen MR) is 103 cm³/mol. The molecule has 1 atom stereocenters. The van der Waals surface area contributed by atoms with Crippen LogP contribution in [0.4, 0.5) is 22.0 Å². The molecule has 0 saturated carbocycles. The number of hydrogen-bond acceptors (Lipinski definition) is 4. The number of nitrogens with one attached hydrogen (secondary N) is 2. The van der Waals surface area contributed by atoms with Crippen LogP contribution in [0.1, 0.15) is 12.0 Å². The fraction of sp³-hybridized carbons (Fsp3) is 0.368. The van der Waals surface area contributed by atoms with Gasteiger partial charge in [-0.3, -0.25) is 0 Å². The van der Waals surface area contributed by atoms with Gasteiger partial charge in [0.25, 0.3) is 0 Å². The first kappa shape index (κ1) is 17.1. The highest BCUT2D eigenvalue weighted by molar-refractivity contribution is 5.91. The summed E-state index contributed by atoms with van der Waals surface area (Å²) in [5, 5.41) is 6.05. The van der Waals surface area contributed by atoms with E-state index in [4.69, 9.17) is 0 Å². The van der Waals surface area contributed by atoms with E-state index in [1.807, 2.05) is 62.3 Å². The molecular formula is C19H25N5O. The summed E-state index contributed by atoms with van der Waals surface area (Å²) in [5.74, 6) is 0.960. The van der Waals surface area contributed by atoms with Crippen molar-refractivity contribution in [2.75, 3.05) is 42.3 Å². The van der Waals surface area contributed by atoms with Gasteiger partial charge in [0.2, 0.25) is 0 Å². The largest absolute Gasteiger partial charge is 0.377 e. The summed E-state index contributed by atoms with van der Waals surface area (Å²) in [6, 6.07) is 11.8. The minimum atomic E-state index is -0.160. The van der Waals surface area contributed by atoms with Gasteiger partial charge >= 0.3 is 6.03 Å². The Morgan fingerprint density at radius 2 is 2.08 bits per heavy atom. The molecule has 0 aliphatic carbocycles. The zero-order valence-corrected chi connectivity index (χ0v) is 15.0. The summed E-state index contributed by atoms with van der Waals surface area (Å²) >= 11 is 0. The van der Waals surface area contributed by atoms with Crippen molar-refractivity contribution in [2.45, 2.75) is 19.4 Å². The Labute approximate surface area is 148 Å². The molecule has 6 heteroatoms. The van der Waals surface area contributed by atoms with E-state index < -0.39 is 0 Å². The van der Waals surface area contributed by atoms with Crippen LogP contribution in [-0.2, 0) is 0 Å². The average Bonchev–Trinajstić information content (AvgIpc) is 3.05. The number of nitrogens with zero attached hydrogens (tertiary/aromatic N) is 3. The first-order valence-corrected chi connectivity index (χ1v) is 8.55. The molecular weight excluding hydrogens is 314 g/mol. The summed E-state index contributed by atoms with van der Waals surface area (Å²) in [5.41, 5.74) is 2.99. The standard InChI is InChI=1S/C19H25N5O/c1-14-16(7-6-8-17(14)23(2)3)22-19(25)21-15-10-12-24(13-15)18-9-4-5-11-20-18/h4-9,11,15H,10,12-13H2,1-3H3,(H2,21,22,25)/t15-/m0/s1. The number of carbonyl (C=O) groups is 1. The van der Waals surface area contributed by atoms with Crippen LogP contribution in [0.3, 0.4) is 0 Å². The Balaban J connectivity index is 1.58. The van der Waals surface area contributed by atoms with E-state index in [1.54, 1.807) is 6.20 Å². The lowest BCUT2D eigenvalue weighted by Gasteiger charge is -2.20. The smallest absolute Gasteiger partial charge is 0.319 e.